The lowest BCUT2D eigenvalue weighted by Gasteiger charge is -2.10. The number of nitrogens with one attached hydrogen (secondary N) is 1. The number of carbonyl (C=O) groups excluding carboxylic acids is 1. The zero-order valence-corrected chi connectivity index (χ0v) is 18.6. The van der Waals surface area contributed by atoms with Crippen molar-refractivity contribution in [3.8, 4) is 0 Å². The monoisotopic (exact) mass is 387 g/mol. The minimum Gasteiger partial charge on any atom is -0.356 e. The molecule has 28 heavy (non-hydrogen) atoms. The largest absolute Gasteiger partial charge is 0.356 e. The van der Waals surface area contributed by atoms with Gasteiger partial charge in [0.25, 0.3) is 0 Å². The summed E-state index contributed by atoms with van der Waals surface area (Å²) in [6.07, 6.45) is 16.9. The number of imidazole rings is 1. The van der Waals surface area contributed by atoms with Crippen molar-refractivity contribution in [1.29, 1.82) is 0 Å². The van der Waals surface area contributed by atoms with Crippen LogP contribution in [0.5, 0.6) is 0 Å². The highest BCUT2D eigenvalue weighted by molar-refractivity contribution is 5.77. The summed E-state index contributed by atoms with van der Waals surface area (Å²) >= 11 is 0. The molecule has 0 aliphatic heterocycles. The average Bonchev–Trinajstić information content (AvgIpc) is 3.01. The van der Waals surface area contributed by atoms with Gasteiger partial charge < -0.3 is 9.88 Å². The summed E-state index contributed by atoms with van der Waals surface area (Å²) in [5, 5.41) is 5.19. The van der Waals surface area contributed by atoms with E-state index in [0.29, 0.717) is 6.54 Å². The molecule has 0 saturated heterocycles. The van der Waals surface area contributed by atoms with Crippen molar-refractivity contribution in [3.63, 3.8) is 0 Å². The lowest BCUT2D eigenvalue weighted by Crippen LogP contribution is -2.30. The summed E-state index contributed by atoms with van der Waals surface area (Å²) in [7, 11) is 0. The van der Waals surface area contributed by atoms with Gasteiger partial charge in [-0.1, -0.05) is 78.0 Å². The SMILES string of the molecule is C=C/C=c1\c(=C/C)nc(CCCNC(=O)C(C)C)n1CCCCCCCCC. The molecule has 4 nitrogen and oxygen atoms in total. The van der Waals surface area contributed by atoms with Crippen LogP contribution in [0.4, 0.5) is 0 Å². The fourth-order valence-corrected chi connectivity index (χ4v) is 3.36. The Hall–Kier alpha value is -1.84. The maximum atomic E-state index is 11.7. The summed E-state index contributed by atoms with van der Waals surface area (Å²) < 4.78 is 2.35. The first-order chi connectivity index (χ1) is 13.5. The number of allylic oxidation sites excluding steroid dienone is 1. The molecule has 1 rings (SSSR count). The van der Waals surface area contributed by atoms with Crippen LogP contribution in [0.25, 0.3) is 12.2 Å². The summed E-state index contributed by atoms with van der Waals surface area (Å²) in [5.41, 5.74) is 0. The molecule has 4 heteroatoms. The van der Waals surface area contributed by atoms with Gasteiger partial charge >= 0.3 is 0 Å². The molecule has 0 radical (unpaired) electrons. The number of rotatable bonds is 14. The van der Waals surface area contributed by atoms with Crippen LogP contribution in [-0.4, -0.2) is 22.0 Å². The Balaban J connectivity index is 2.71. The number of amides is 1. The molecule has 1 N–H and O–H groups in total. The predicted molar refractivity (Wildman–Crippen MR) is 120 cm³/mol. The van der Waals surface area contributed by atoms with Crippen molar-refractivity contribution < 1.29 is 4.79 Å². The van der Waals surface area contributed by atoms with Crippen LogP contribution >= 0.6 is 0 Å². The molecule has 0 bridgehead atoms. The van der Waals surface area contributed by atoms with Crippen molar-refractivity contribution >= 4 is 18.1 Å². The van der Waals surface area contributed by atoms with Crippen molar-refractivity contribution in [2.75, 3.05) is 6.54 Å². The van der Waals surface area contributed by atoms with Gasteiger partial charge in [-0.2, -0.15) is 0 Å². The molecule has 0 aliphatic rings. The Morgan fingerprint density at radius 1 is 1.14 bits per heavy atom. The van der Waals surface area contributed by atoms with E-state index in [4.69, 9.17) is 4.98 Å². The lowest BCUT2D eigenvalue weighted by atomic mass is 10.1. The number of nitrogens with zero attached hydrogens (tertiary/aromatic N) is 2. The van der Waals surface area contributed by atoms with Gasteiger partial charge in [-0.3, -0.25) is 4.79 Å². The van der Waals surface area contributed by atoms with Gasteiger partial charge in [-0.25, -0.2) is 4.98 Å². The zero-order valence-electron chi connectivity index (χ0n) is 18.6. The van der Waals surface area contributed by atoms with Gasteiger partial charge in [0.1, 0.15) is 5.82 Å². The second kappa shape index (κ2) is 14.2. The number of unbranched alkanes of at least 4 members (excludes halogenated alkanes) is 6. The first-order valence-electron chi connectivity index (χ1n) is 11.2. The van der Waals surface area contributed by atoms with Crippen LogP contribution in [0, 0.1) is 5.92 Å². The van der Waals surface area contributed by atoms with Crippen LogP contribution in [0.2, 0.25) is 0 Å². The quantitative estimate of drug-likeness (QED) is 0.488. The highest BCUT2D eigenvalue weighted by Gasteiger charge is 2.09. The van der Waals surface area contributed by atoms with Crippen LogP contribution in [0.3, 0.4) is 0 Å². The van der Waals surface area contributed by atoms with Gasteiger partial charge in [0.2, 0.25) is 5.91 Å². The van der Waals surface area contributed by atoms with Gasteiger partial charge in [0.15, 0.2) is 0 Å². The van der Waals surface area contributed by atoms with Gasteiger partial charge in [-0.05, 0) is 25.8 Å². The molecule has 0 atom stereocenters. The van der Waals surface area contributed by atoms with Gasteiger partial charge in [-0.15, -0.1) is 0 Å². The first-order valence-corrected chi connectivity index (χ1v) is 11.2. The lowest BCUT2D eigenvalue weighted by molar-refractivity contribution is -0.123. The number of hydrogen-bond acceptors (Lipinski definition) is 2. The Kier molecular flexibility index (Phi) is 12.3. The van der Waals surface area contributed by atoms with Crippen molar-refractivity contribution in [1.82, 2.24) is 14.9 Å². The summed E-state index contributed by atoms with van der Waals surface area (Å²) in [4.78, 5) is 16.6. The van der Waals surface area contributed by atoms with Crippen molar-refractivity contribution in [3.05, 3.63) is 29.2 Å². The molecular formula is C24H41N3O. The topological polar surface area (TPSA) is 46.9 Å². The van der Waals surface area contributed by atoms with Crippen molar-refractivity contribution in [2.24, 2.45) is 5.92 Å². The van der Waals surface area contributed by atoms with Crippen LogP contribution in [0.1, 0.15) is 84.9 Å². The molecule has 1 heterocycles. The van der Waals surface area contributed by atoms with E-state index in [9.17, 15) is 4.79 Å². The third-order valence-electron chi connectivity index (χ3n) is 5.05. The molecule has 1 aromatic rings. The second-order valence-electron chi connectivity index (χ2n) is 7.81. The fourth-order valence-electron chi connectivity index (χ4n) is 3.36. The molecule has 0 aliphatic carbocycles. The third-order valence-corrected chi connectivity index (χ3v) is 5.05. The number of aryl methyl sites for hydroxylation is 1. The Morgan fingerprint density at radius 3 is 2.43 bits per heavy atom. The Bertz CT molecular complexity index is 700. The smallest absolute Gasteiger partial charge is 0.222 e. The molecule has 0 unspecified atom stereocenters. The summed E-state index contributed by atoms with van der Waals surface area (Å²) in [5.74, 6) is 1.27. The molecule has 1 amide bonds. The minimum atomic E-state index is 0.0365. The molecular weight excluding hydrogens is 346 g/mol. The predicted octanol–water partition coefficient (Wildman–Crippen LogP) is 4.11. The van der Waals surface area contributed by atoms with Crippen LogP contribution in [0.15, 0.2) is 12.7 Å². The summed E-state index contributed by atoms with van der Waals surface area (Å²) in [6.45, 7) is 13.7. The summed E-state index contributed by atoms with van der Waals surface area (Å²) in [6, 6.07) is 0. The molecule has 1 aromatic heterocycles. The highest BCUT2D eigenvalue weighted by atomic mass is 16.1. The zero-order chi connectivity index (χ0) is 20.8. The standard InChI is InChI=1S/C24H41N3O/c1-6-9-10-11-12-13-14-19-27-22(16-7-2)21(8-3)26-23(27)17-15-18-25-24(28)20(4)5/h7-8,16,20H,2,6,9-15,17-19H2,1,3-5H3,(H,25,28)/b21-8+,22-16+. The van der Waals surface area contributed by atoms with E-state index < -0.39 is 0 Å². The van der Waals surface area contributed by atoms with Gasteiger partial charge in [0.05, 0.1) is 10.7 Å². The average molecular weight is 388 g/mol. The fraction of sp³-hybridized carbons (Fsp3) is 0.667. The molecule has 0 spiro atoms. The van der Waals surface area contributed by atoms with E-state index >= 15 is 0 Å². The van der Waals surface area contributed by atoms with E-state index in [2.05, 4.69) is 35.5 Å². The maximum Gasteiger partial charge on any atom is 0.222 e. The van der Waals surface area contributed by atoms with E-state index in [1.807, 2.05) is 26.8 Å². The second-order valence-corrected chi connectivity index (χ2v) is 7.81. The van der Waals surface area contributed by atoms with E-state index in [-0.39, 0.29) is 11.8 Å². The Labute approximate surface area is 171 Å². The molecule has 0 saturated carbocycles. The number of hydrogen-bond donors (Lipinski definition) is 1. The van der Waals surface area contributed by atoms with Crippen LogP contribution in [-0.2, 0) is 17.8 Å². The van der Waals surface area contributed by atoms with E-state index in [1.54, 1.807) is 0 Å². The maximum absolute atomic E-state index is 11.7. The van der Waals surface area contributed by atoms with Crippen molar-refractivity contribution in [2.45, 2.75) is 92.0 Å². The molecule has 158 valence electrons. The number of carbonyl (C=O) groups is 1. The Morgan fingerprint density at radius 2 is 1.82 bits per heavy atom. The van der Waals surface area contributed by atoms with Gasteiger partial charge in [0, 0.05) is 25.4 Å². The van der Waals surface area contributed by atoms with E-state index in [0.717, 1.165) is 35.9 Å². The molecule has 0 aromatic carbocycles. The third kappa shape index (κ3) is 8.45. The number of aromatic nitrogens is 2. The van der Waals surface area contributed by atoms with Crippen LogP contribution < -0.4 is 16.0 Å². The minimum absolute atomic E-state index is 0.0365. The first kappa shape index (κ1) is 24.2. The highest BCUT2D eigenvalue weighted by Crippen LogP contribution is 2.08. The molecule has 0 fully saturated rings. The van der Waals surface area contributed by atoms with E-state index in [1.165, 1.54) is 44.9 Å². The normalized spacial score (nSPS) is 12.8.